The molecule has 0 aliphatic carbocycles. The second-order valence-electron chi connectivity index (χ2n) is 7.18. The summed E-state index contributed by atoms with van der Waals surface area (Å²) in [4.78, 5) is 27.3. The molecule has 158 valence electrons. The molecule has 30 heavy (non-hydrogen) atoms. The second-order valence-corrected chi connectivity index (χ2v) is 9.09. The van der Waals surface area contributed by atoms with Crippen LogP contribution in [0.1, 0.15) is 12.8 Å². The molecule has 2 aliphatic rings. The van der Waals surface area contributed by atoms with Gasteiger partial charge in [0.15, 0.2) is 0 Å². The molecular weight excluding hydrogens is 406 g/mol. The third kappa shape index (κ3) is 3.66. The highest BCUT2D eigenvalue weighted by molar-refractivity contribution is 7.89. The highest BCUT2D eigenvalue weighted by atomic mass is 32.2. The van der Waals surface area contributed by atoms with E-state index in [1.807, 2.05) is 30.3 Å². The number of amides is 2. The Morgan fingerprint density at radius 1 is 0.833 bits per heavy atom. The van der Waals surface area contributed by atoms with Crippen LogP contribution in [0, 0.1) is 0 Å². The predicted octanol–water partition coefficient (Wildman–Crippen LogP) is 1.86. The Morgan fingerprint density at radius 2 is 1.47 bits per heavy atom. The van der Waals surface area contributed by atoms with Crippen LogP contribution in [0.4, 0.5) is 11.4 Å². The number of carbonyl (C=O) groups excluding carboxylic acids is 2. The molecule has 0 saturated carbocycles. The van der Waals surface area contributed by atoms with Gasteiger partial charge >= 0.3 is 0 Å². The minimum absolute atomic E-state index is 0.0387. The quantitative estimate of drug-likeness (QED) is 0.675. The molecule has 2 aliphatic heterocycles. The highest BCUT2D eigenvalue weighted by Crippen LogP contribution is 2.33. The van der Waals surface area contributed by atoms with Crippen LogP contribution in [-0.4, -0.2) is 57.8 Å². The molecule has 0 bridgehead atoms. The molecule has 4 rings (SSSR count). The molecule has 2 aromatic rings. The van der Waals surface area contributed by atoms with Gasteiger partial charge in [0.2, 0.25) is 21.8 Å². The summed E-state index contributed by atoms with van der Waals surface area (Å²) in [5.74, 6) is -0.474. The summed E-state index contributed by atoms with van der Waals surface area (Å²) in [6, 6.07) is 14.2. The molecule has 0 unspecified atom stereocenters. The fourth-order valence-electron chi connectivity index (χ4n) is 3.84. The summed E-state index contributed by atoms with van der Waals surface area (Å²) < 4.78 is 33.5. The van der Waals surface area contributed by atoms with Crippen molar-refractivity contribution in [1.82, 2.24) is 4.31 Å². The van der Waals surface area contributed by atoms with Crippen LogP contribution >= 0.6 is 0 Å². The van der Waals surface area contributed by atoms with Gasteiger partial charge in [0.1, 0.15) is 10.6 Å². The third-order valence-electron chi connectivity index (χ3n) is 5.43. The summed E-state index contributed by atoms with van der Waals surface area (Å²) in [5.41, 5.74) is 1.31. The standard InChI is InChI=1S/C21H23N3O5S/c1-29-18-8-7-17(24-20(25)9-10-21(24)26)15-19(18)30(27,28)23-13-11-22(12-14-23)16-5-3-2-4-6-16/h2-8,15H,9-14H2,1H3. The van der Waals surface area contributed by atoms with Crippen LogP contribution in [0.5, 0.6) is 5.75 Å². The van der Waals surface area contributed by atoms with Crippen molar-refractivity contribution >= 4 is 33.2 Å². The monoisotopic (exact) mass is 429 g/mol. The fraction of sp³-hybridized carbons (Fsp3) is 0.333. The van der Waals surface area contributed by atoms with Crippen LogP contribution < -0.4 is 14.5 Å². The first kappa shape index (κ1) is 20.4. The minimum atomic E-state index is -3.87. The van der Waals surface area contributed by atoms with Crippen LogP contribution in [0.15, 0.2) is 53.4 Å². The normalized spacial score (nSPS) is 18.2. The highest BCUT2D eigenvalue weighted by Gasteiger charge is 2.34. The van der Waals surface area contributed by atoms with Crippen LogP contribution in [0.3, 0.4) is 0 Å². The number of nitrogens with zero attached hydrogens (tertiary/aromatic N) is 3. The number of piperazine rings is 1. The molecule has 8 nitrogen and oxygen atoms in total. The number of rotatable bonds is 5. The first-order chi connectivity index (χ1) is 14.4. The maximum Gasteiger partial charge on any atom is 0.246 e. The molecule has 0 N–H and O–H groups in total. The third-order valence-corrected chi connectivity index (χ3v) is 7.35. The van der Waals surface area contributed by atoms with E-state index in [0.717, 1.165) is 10.6 Å². The summed E-state index contributed by atoms with van der Waals surface area (Å²) >= 11 is 0. The number of carbonyl (C=O) groups is 2. The molecular formula is C21H23N3O5S. The van der Waals surface area contributed by atoms with Crippen LogP contribution in [0.2, 0.25) is 0 Å². The number of methoxy groups -OCH3 is 1. The van der Waals surface area contributed by atoms with E-state index in [1.54, 1.807) is 0 Å². The Kier molecular flexibility index (Phi) is 5.48. The van der Waals surface area contributed by atoms with Gasteiger partial charge < -0.3 is 9.64 Å². The zero-order valence-corrected chi connectivity index (χ0v) is 17.5. The number of hydrogen-bond donors (Lipinski definition) is 0. The van der Waals surface area contributed by atoms with E-state index < -0.39 is 10.0 Å². The average molecular weight is 429 g/mol. The van der Waals surface area contributed by atoms with Gasteiger partial charge in [0, 0.05) is 44.7 Å². The van der Waals surface area contributed by atoms with Crippen molar-refractivity contribution in [1.29, 1.82) is 0 Å². The minimum Gasteiger partial charge on any atom is -0.495 e. The van der Waals surface area contributed by atoms with E-state index in [1.165, 1.54) is 29.6 Å². The Labute approximate surface area is 175 Å². The van der Waals surface area contributed by atoms with E-state index >= 15 is 0 Å². The zero-order valence-electron chi connectivity index (χ0n) is 16.7. The molecule has 0 spiro atoms. The Morgan fingerprint density at radius 3 is 2.07 bits per heavy atom. The predicted molar refractivity (Wildman–Crippen MR) is 112 cm³/mol. The molecule has 0 aromatic heterocycles. The number of anilines is 2. The van der Waals surface area contributed by atoms with Gasteiger partial charge in [-0.1, -0.05) is 18.2 Å². The maximum absolute atomic E-state index is 13.4. The van der Waals surface area contributed by atoms with Crippen molar-refractivity contribution in [2.75, 3.05) is 43.1 Å². The average Bonchev–Trinajstić information content (AvgIpc) is 3.12. The van der Waals surface area contributed by atoms with Crippen molar-refractivity contribution in [3.63, 3.8) is 0 Å². The topological polar surface area (TPSA) is 87.2 Å². The number of hydrogen-bond acceptors (Lipinski definition) is 6. The summed E-state index contributed by atoms with van der Waals surface area (Å²) in [5, 5.41) is 0. The number of para-hydroxylation sites is 1. The smallest absolute Gasteiger partial charge is 0.246 e. The molecule has 2 aromatic carbocycles. The first-order valence-electron chi connectivity index (χ1n) is 9.76. The van der Waals surface area contributed by atoms with Gasteiger partial charge in [-0.15, -0.1) is 0 Å². The van der Waals surface area contributed by atoms with Crippen LogP contribution in [0.25, 0.3) is 0 Å². The molecule has 0 radical (unpaired) electrons. The van der Waals surface area contributed by atoms with E-state index in [0.29, 0.717) is 26.2 Å². The van der Waals surface area contributed by atoms with Gasteiger partial charge in [-0.3, -0.25) is 14.5 Å². The van der Waals surface area contributed by atoms with Crippen molar-refractivity contribution in [3.05, 3.63) is 48.5 Å². The van der Waals surface area contributed by atoms with E-state index in [9.17, 15) is 18.0 Å². The largest absolute Gasteiger partial charge is 0.495 e. The molecule has 2 saturated heterocycles. The van der Waals surface area contributed by atoms with Crippen molar-refractivity contribution in [3.8, 4) is 5.75 Å². The maximum atomic E-state index is 13.4. The summed E-state index contributed by atoms with van der Waals surface area (Å²) in [6.45, 7) is 1.78. The summed E-state index contributed by atoms with van der Waals surface area (Å²) in [6.07, 6.45) is 0.267. The lowest BCUT2D eigenvalue weighted by Crippen LogP contribution is -2.48. The molecule has 2 amide bonds. The van der Waals surface area contributed by atoms with E-state index in [-0.39, 0.29) is 41.0 Å². The first-order valence-corrected chi connectivity index (χ1v) is 11.2. The molecule has 9 heteroatoms. The van der Waals surface area contributed by atoms with Crippen molar-refractivity contribution < 1.29 is 22.7 Å². The zero-order chi connectivity index (χ0) is 21.3. The number of benzene rings is 2. The second kappa shape index (κ2) is 8.08. The lowest BCUT2D eigenvalue weighted by molar-refractivity contribution is -0.121. The van der Waals surface area contributed by atoms with Crippen molar-refractivity contribution in [2.24, 2.45) is 0 Å². The fourth-order valence-corrected chi connectivity index (χ4v) is 5.43. The van der Waals surface area contributed by atoms with Gasteiger partial charge in [0.25, 0.3) is 0 Å². The molecule has 2 fully saturated rings. The van der Waals surface area contributed by atoms with E-state index in [2.05, 4.69) is 4.90 Å². The molecule has 2 heterocycles. The Bertz CT molecular complexity index is 1050. The van der Waals surface area contributed by atoms with Crippen molar-refractivity contribution in [2.45, 2.75) is 17.7 Å². The van der Waals surface area contributed by atoms with Crippen LogP contribution in [-0.2, 0) is 19.6 Å². The van der Waals surface area contributed by atoms with Gasteiger partial charge in [-0.2, -0.15) is 4.31 Å². The Hall–Kier alpha value is -2.91. The van der Waals surface area contributed by atoms with Gasteiger partial charge in [-0.05, 0) is 30.3 Å². The van der Waals surface area contributed by atoms with E-state index in [4.69, 9.17) is 4.74 Å². The number of ether oxygens (including phenoxy) is 1. The number of imide groups is 1. The number of sulfonamides is 1. The lowest BCUT2D eigenvalue weighted by Gasteiger charge is -2.35. The Balaban J connectivity index is 1.60. The lowest BCUT2D eigenvalue weighted by atomic mass is 10.2. The SMILES string of the molecule is COc1ccc(N2C(=O)CCC2=O)cc1S(=O)(=O)N1CCN(c2ccccc2)CC1. The van der Waals surface area contributed by atoms with Gasteiger partial charge in [0.05, 0.1) is 12.8 Å². The summed E-state index contributed by atoms with van der Waals surface area (Å²) in [7, 11) is -2.47. The molecule has 0 atom stereocenters. The van der Waals surface area contributed by atoms with Gasteiger partial charge in [-0.25, -0.2) is 8.42 Å².